The van der Waals surface area contributed by atoms with E-state index in [1.165, 1.54) is 0 Å². The van der Waals surface area contributed by atoms with Crippen LogP contribution in [0.2, 0.25) is 0 Å². The first-order valence-corrected chi connectivity index (χ1v) is 7.84. The molecule has 2 aromatic rings. The van der Waals surface area contributed by atoms with E-state index < -0.39 is 12.0 Å². The number of aliphatic hydroxyl groups excluding tert-OH is 1. The lowest BCUT2D eigenvalue weighted by molar-refractivity contribution is -0.129. The Labute approximate surface area is 142 Å². The first kappa shape index (κ1) is 18.0. The molecule has 0 saturated heterocycles. The number of amides is 1. The number of hydrogen-bond donors (Lipinski definition) is 2. The quantitative estimate of drug-likeness (QED) is 0.817. The third kappa shape index (κ3) is 4.57. The molecule has 0 aliphatic rings. The second-order valence-electron chi connectivity index (χ2n) is 5.81. The average Bonchev–Trinajstić information content (AvgIpc) is 2.61. The average molecular weight is 328 g/mol. The van der Waals surface area contributed by atoms with Crippen molar-refractivity contribution >= 4 is 5.91 Å². The zero-order valence-corrected chi connectivity index (χ0v) is 14.3. The number of nitrogens with one attached hydrogen (secondary N) is 1. The maximum atomic E-state index is 12.2. The van der Waals surface area contributed by atoms with Crippen molar-refractivity contribution in [1.82, 2.24) is 10.2 Å². The van der Waals surface area contributed by atoms with Crippen LogP contribution in [0.4, 0.5) is 0 Å². The number of carbonyl (C=O) groups is 1. The molecular weight excluding hydrogens is 304 g/mol. The van der Waals surface area contributed by atoms with Gasteiger partial charge in [0.05, 0.1) is 13.2 Å². The van der Waals surface area contributed by atoms with Gasteiger partial charge in [-0.25, -0.2) is 0 Å². The molecule has 0 bridgehead atoms. The molecule has 24 heavy (non-hydrogen) atoms. The highest BCUT2D eigenvalue weighted by Crippen LogP contribution is 2.22. The van der Waals surface area contributed by atoms with E-state index in [1.807, 2.05) is 49.3 Å². The van der Waals surface area contributed by atoms with Gasteiger partial charge in [-0.15, -0.1) is 0 Å². The van der Waals surface area contributed by atoms with Crippen LogP contribution in [0.15, 0.2) is 54.6 Å². The molecule has 1 amide bonds. The number of ether oxygens (including phenoxy) is 1. The van der Waals surface area contributed by atoms with E-state index in [-0.39, 0.29) is 6.04 Å². The van der Waals surface area contributed by atoms with Crippen LogP contribution in [0.3, 0.4) is 0 Å². The molecule has 0 aliphatic heterocycles. The van der Waals surface area contributed by atoms with Crippen molar-refractivity contribution in [3.05, 3.63) is 65.7 Å². The first-order valence-electron chi connectivity index (χ1n) is 7.84. The molecule has 0 spiro atoms. The number of rotatable bonds is 7. The van der Waals surface area contributed by atoms with Crippen LogP contribution in [0.25, 0.3) is 0 Å². The van der Waals surface area contributed by atoms with Gasteiger partial charge >= 0.3 is 0 Å². The lowest BCUT2D eigenvalue weighted by atomic mass is 10.0. The largest absolute Gasteiger partial charge is 0.497 e. The monoisotopic (exact) mass is 328 g/mol. The van der Waals surface area contributed by atoms with E-state index in [4.69, 9.17) is 4.74 Å². The van der Waals surface area contributed by atoms with Crippen LogP contribution in [0.5, 0.6) is 5.75 Å². The molecule has 2 unspecified atom stereocenters. The van der Waals surface area contributed by atoms with Crippen molar-refractivity contribution in [2.45, 2.75) is 12.1 Å². The molecule has 2 aromatic carbocycles. The normalized spacial score (nSPS) is 13.4. The maximum absolute atomic E-state index is 12.2. The van der Waals surface area contributed by atoms with Gasteiger partial charge < -0.3 is 20.1 Å². The summed E-state index contributed by atoms with van der Waals surface area (Å²) in [6.07, 6.45) is -1.17. The van der Waals surface area contributed by atoms with Gasteiger partial charge in [0.1, 0.15) is 5.75 Å². The van der Waals surface area contributed by atoms with Crippen LogP contribution in [-0.2, 0) is 4.79 Å². The third-order valence-corrected chi connectivity index (χ3v) is 3.94. The highest BCUT2D eigenvalue weighted by atomic mass is 16.5. The van der Waals surface area contributed by atoms with Gasteiger partial charge in [0, 0.05) is 6.54 Å². The van der Waals surface area contributed by atoms with Crippen LogP contribution < -0.4 is 10.1 Å². The number of hydrogen-bond acceptors (Lipinski definition) is 4. The standard InChI is InChI=1S/C19H24N2O3/c1-21(2)17(15-10-7-11-16(12-15)24-3)13-20-19(23)18(22)14-8-5-4-6-9-14/h4-12,17-18,22H,13H2,1-3H3,(H,20,23). The van der Waals surface area contributed by atoms with Crippen molar-refractivity contribution in [2.75, 3.05) is 27.7 Å². The first-order chi connectivity index (χ1) is 11.5. The molecule has 5 heteroatoms. The summed E-state index contributed by atoms with van der Waals surface area (Å²) >= 11 is 0. The van der Waals surface area contributed by atoms with Gasteiger partial charge in [0.15, 0.2) is 6.10 Å². The van der Waals surface area contributed by atoms with Gasteiger partial charge in [-0.2, -0.15) is 0 Å². The van der Waals surface area contributed by atoms with E-state index in [1.54, 1.807) is 31.4 Å². The molecule has 0 aliphatic carbocycles. The van der Waals surface area contributed by atoms with E-state index in [9.17, 15) is 9.90 Å². The molecule has 2 rings (SSSR count). The molecule has 2 atom stereocenters. The van der Waals surface area contributed by atoms with E-state index in [0.29, 0.717) is 12.1 Å². The van der Waals surface area contributed by atoms with Crippen LogP contribution in [0.1, 0.15) is 23.3 Å². The lowest BCUT2D eigenvalue weighted by Gasteiger charge is -2.26. The Morgan fingerprint density at radius 1 is 1.12 bits per heavy atom. The number of aliphatic hydroxyl groups is 1. The molecule has 0 fully saturated rings. The van der Waals surface area contributed by atoms with Crippen molar-refractivity contribution in [2.24, 2.45) is 0 Å². The maximum Gasteiger partial charge on any atom is 0.253 e. The van der Waals surface area contributed by atoms with Crippen LogP contribution >= 0.6 is 0 Å². The van der Waals surface area contributed by atoms with Crippen molar-refractivity contribution in [3.8, 4) is 5.75 Å². The van der Waals surface area contributed by atoms with Gasteiger partial charge in [-0.3, -0.25) is 4.79 Å². The van der Waals surface area contributed by atoms with Gasteiger partial charge in [-0.1, -0.05) is 42.5 Å². The van der Waals surface area contributed by atoms with E-state index in [0.717, 1.165) is 11.3 Å². The Morgan fingerprint density at radius 2 is 1.79 bits per heavy atom. The zero-order chi connectivity index (χ0) is 17.5. The number of benzene rings is 2. The fraction of sp³-hybridized carbons (Fsp3) is 0.316. The fourth-order valence-electron chi connectivity index (χ4n) is 2.53. The van der Waals surface area contributed by atoms with Crippen molar-refractivity contribution in [3.63, 3.8) is 0 Å². The summed E-state index contributed by atoms with van der Waals surface area (Å²) in [7, 11) is 5.52. The summed E-state index contributed by atoms with van der Waals surface area (Å²) in [6, 6.07) is 16.6. The Bertz CT molecular complexity index is 659. The van der Waals surface area contributed by atoms with Crippen molar-refractivity contribution in [1.29, 1.82) is 0 Å². The number of methoxy groups -OCH3 is 1. The van der Waals surface area contributed by atoms with Gasteiger partial charge in [0.2, 0.25) is 0 Å². The highest BCUT2D eigenvalue weighted by molar-refractivity contribution is 5.81. The molecule has 0 heterocycles. The number of nitrogens with zero attached hydrogens (tertiary/aromatic N) is 1. The second kappa shape index (κ2) is 8.47. The fourth-order valence-corrected chi connectivity index (χ4v) is 2.53. The summed E-state index contributed by atoms with van der Waals surface area (Å²) in [5.74, 6) is 0.367. The molecular formula is C19H24N2O3. The minimum absolute atomic E-state index is 0.0213. The predicted molar refractivity (Wildman–Crippen MR) is 93.8 cm³/mol. The highest BCUT2D eigenvalue weighted by Gasteiger charge is 2.20. The summed E-state index contributed by atoms with van der Waals surface area (Å²) in [5.41, 5.74) is 1.62. The Hall–Kier alpha value is -2.37. The molecule has 128 valence electrons. The Kier molecular flexibility index (Phi) is 6.35. The third-order valence-electron chi connectivity index (χ3n) is 3.94. The van der Waals surface area contributed by atoms with Crippen LogP contribution in [-0.4, -0.2) is 43.7 Å². The van der Waals surface area contributed by atoms with Crippen LogP contribution in [0, 0.1) is 0 Å². The van der Waals surface area contributed by atoms with Gasteiger partial charge in [-0.05, 0) is 37.4 Å². The molecule has 2 N–H and O–H groups in total. The van der Waals surface area contributed by atoms with E-state index in [2.05, 4.69) is 5.32 Å². The number of carbonyl (C=O) groups excluding carboxylic acids is 1. The molecule has 5 nitrogen and oxygen atoms in total. The zero-order valence-electron chi connectivity index (χ0n) is 14.3. The summed E-state index contributed by atoms with van der Waals surface area (Å²) < 4.78 is 5.26. The predicted octanol–water partition coefficient (Wildman–Crippen LogP) is 2.15. The summed E-state index contributed by atoms with van der Waals surface area (Å²) in [6.45, 7) is 0.392. The Balaban J connectivity index is 2.04. The smallest absolute Gasteiger partial charge is 0.253 e. The Morgan fingerprint density at radius 3 is 2.42 bits per heavy atom. The summed E-state index contributed by atoms with van der Waals surface area (Å²) in [5, 5.41) is 13.0. The molecule has 0 radical (unpaired) electrons. The SMILES string of the molecule is COc1cccc(C(CNC(=O)C(O)c2ccccc2)N(C)C)c1. The number of likely N-dealkylation sites (N-methyl/N-ethyl adjacent to an activating group) is 1. The second-order valence-corrected chi connectivity index (χ2v) is 5.81. The lowest BCUT2D eigenvalue weighted by Crippen LogP contribution is -2.37. The molecule has 0 saturated carbocycles. The minimum Gasteiger partial charge on any atom is -0.497 e. The molecule has 0 aromatic heterocycles. The topological polar surface area (TPSA) is 61.8 Å². The van der Waals surface area contributed by atoms with Gasteiger partial charge in [0.25, 0.3) is 5.91 Å². The van der Waals surface area contributed by atoms with E-state index >= 15 is 0 Å². The van der Waals surface area contributed by atoms with Crippen molar-refractivity contribution < 1.29 is 14.6 Å². The summed E-state index contributed by atoms with van der Waals surface area (Å²) in [4.78, 5) is 14.2. The minimum atomic E-state index is -1.17.